The second kappa shape index (κ2) is 4.48. The van der Waals surface area contributed by atoms with Crippen LogP contribution in [0.1, 0.15) is 23.0 Å². The van der Waals surface area contributed by atoms with Crippen LogP contribution in [0.15, 0.2) is 65.7 Å². The summed E-state index contributed by atoms with van der Waals surface area (Å²) in [4.78, 5) is 4.05. The van der Waals surface area contributed by atoms with Gasteiger partial charge in [0.05, 0.1) is 12.0 Å². The molecular formula is C18H18N2. The van der Waals surface area contributed by atoms with Crippen LogP contribution in [-0.4, -0.2) is 18.8 Å². The van der Waals surface area contributed by atoms with Gasteiger partial charge in [0.1, 0.15) is 5.84 Å². The van der Waals surface area contributed by atoms with E-state index in [2.05, 4.69) is 34.6 Å². The van der Waals surface area contributed by atoms with Crippen LogP contribution in [0.5, 0.6) is 0 Å². The molecular weight excluding hydrogens is 244 g/mol. The van der Waals surface area contributed by atoms with Gasteiger partial charge in [-0.1, -0.05) is 60.7 Å². The number of rotatable bonds is 3. The number of amidine groups is 1. The molecule has 1 saturated carbocycles. The first-order valence-electron chi connectivity index (χ1n) is 8.86. The summed E-state index contributed by atoms with van der Waals surface area (Å²) < 4.78 is 31.3. The highest BCUT2D eigenvalue weighted by atomic mass is 15.1. The summed E-state index contributed by atoms with van der Waals surface area (Å²) in [5.41, 5.74) is 2.03. The summed E-state index contributed by atoms with van der Waals surface area (Å²) in [6.45, 7) is -4.42. The van der Waals surface area contributed by atoms with Crippen LogP contribution in [0.25, 0.3) is 0 Å². The van der Waals surface area contributed by atoms with Gasteiger partial charge in [-0.3, -0.25) is 4.99 Å². The summed E-state index contributed by atoms with van der Waals surface area (Å²) in [7, 11) is 0. The van der Waals surface area contributed by atoms with E-state index >= 15 is 0 Å². The Labute approximate surface area is 125 Å². The Bertz CT molecular complexity index is 748. The SMILES string of the molecule is [2H]C1([2H])N=C([C@H]2CC2(c2ccccc2)c2ccccc2)NC1([2H])[2H]. The van der Waals surface area contributed by atoms with E-state index in [4.69, 9.17) is 5.48 Å². The van der Waals surface area contributed by atoms with Crippen molar-refractivity contribution in [2.45, 2.75) is 11.8 Å². The van der Waals surface area contributed by atoms with Crippen molar-refractivity contribution in [3.63, 3.8) is 0 Å². The first kappa shape index (κ1) is 8.25. The first-order valence-corrected chi connectivity index (χ1v) is 6.86. The van der Waals surface area contributed by atoms with Crippen LogP contribution < -0.4 is 5.32 Å². The number of nitrogens with one attached hydrogen (secondary N) is 1. The maximum Gasteiger partial charge on any atom is 0.101 e. The lowest BCUT2D eigenvalue weighted by Gasteiger charge is -2.19. The van der Waals surface area contributed by atoms with Crippen LogP contribution in [-0.2, 0) is 5.41 Å². The lowest BCUT2D eigenvalue weighted by atomic mass is 9.85. The van der Waals surface area contributed by atoms with Crippen LogP contribution in [0.2, 0.25) is 0 Å². The zero-order chi connectivity index (χ0) is 17.0. The quantitative estimate of drug-likeness (QED) is 0.907. The van der Waals surface area contributed by atoms with E-state index < -0.39 is 13.0 Å². The minimum Gasteiger partial charge on any atom is -0.372 e. The van der Waals surface area contributed by atoms with Crippen molar-refractivity contribution in [2.75, 3.05) is 13.0 Å². The van der Waals surface area contributed by atoms with Gasteiger partial charge in [-0.15, -0.1) is 0 Å². The van der Waals surface area contributed by atoms with E-state index in [9.17, 15) is 0 Å². The summed E-state index contributed by atoms with van der Waals surface area (Å²) in [6, 6.07) is 20.2. The fraction of sp³-hybridized carbons (Fsp3) is 0.278. The molecule has 0 amide bonds. The van der Waals surface area contributed by atoms with Gasteiger partial charge >= 0.3 is 0 Å². The number of benzene rings is 2. The molecule has 0 aromatic heterocycles. The van der Waals surface area contributed by atoms with Crippen molar-refractivity contribution in [1.82, 2.24) is 5.32 Å². The van der Waals surface area contributed by atoms with Gasteiger partial charge in [0.15, 0.2) is 0 Å². The van der Waals surface area contributed by atoms with Crippen molar-refractivity contribution >= 4 is 5.84 Å². The minimum atomic E-state index is -2.25. The molecule has 2 aromatic rings. The Morgan fingerprint density at radius 3 is 2.10 bits per heavy atom. The first-order chi connectivity index (χ1) is 11.4. The second-order valence-electron chi connectivity index (χ2n) is 5.32. The van der Waals surface area contributed by atoms with Crippen molar-refractivity contribution in [3.05, 3.63) is 71.8 Å². The summed E-state index contributed by atoms with van der Waals surface area (Å²) in [5, 5.41) is 2.69. The number of aliphatic imine (C=N–C) groups is 1. The third kappa shape index (κ3) is 1.68. The summed E-state index contributed by atoms with van der Waals surface area (Å²) >= 11 is 0. The summed E-state index contributed by atoms with van der Waals surface area (Å²) in [5.74, 6) is 0.382. The molecule has 1 N–H and O–H groups in total. The predicted molar refractivity (Wildman–Crippen MR) is 82.1 cm³/mol. The monoisotopic (exact) mass is 266 g/mol. The van der Waals surface area contributed by atoms with E-state index in [1.165, 1.54) is 0 Å². The highest BCUT2D eigenvalue weighted by Crippen LogP contribution is 2.59. The Hall–Kier alpha value is -2.09. The molecule has 20 heavy (non-hydrogen) atoms. The van der Waals surface area contributed by atoms with Crippen LogP contribution in [0.3, 0.4) is 0 Å². The third-order valence-corrected chi connectivity index (χ3v) is 4.29. The molecule has 1 aliphatic heterocycles. The largest absolute Gasteiger partial charge is 0.372 e. The van der Waals surface area contributed by atoms with Crippen LogP contribution >= 0.6 is 0 Å². The zero-order valence-electron chi connectivity index (χ0n) is 15.0. The van der Waals surface area contributed by atoms with E-state index in [-0.39, 0.29) is 11.3 Å². The molecule has 0 saturated heterocycles. The minimum absolute atomic E-state index is 0.0463. The predicted octanol–water partition coefficient (Wildman–Crippen LogP) is 2.99. The molecule has 0 bridgehead atoms. The highest BCUT2D eigenvalue weighted by Gasteiger charge is 2.59. The van der Waals surface area contributed by atoms with Gasteiger partial charge in [-0.05, 0) is 17.5 Å². The van der Waals surface area contributed by atoms with E-state index in [0.29, 0.717) is 5.84 Å². The molecule has 1 atom stereocenters. The Morgan fingerprint density at radius 2 is 1.60 bits per heavy atom. The van der Waals surface area contributed by atoms with Crippen molar-refractivity contribution in [3.8, 4) is 0 Å². The molecule has 4 rings (SSSR count). The molecule has 1 heterocycles. The lowest BCUT2D eigenvalue weighted by Crippen LogP contribution is -2.25. The lowest BCUT2D eigenvalue weighted by molar-refractivity contribution is 0.795. The fourth-order valence-electron chi connectivity index (χ4n) is 3.24. The highest BCUT2D eigenvalue weighted by molar-refractivity contribution is 5.91. The van der Waals surface area contributed by atoms with Crippen molar-refractivity contribution in [1.29, 1.82) is 0 Å². The Balaban J connectivity index is 1.77. The van der Waals surface area contributed by atoms with Gasteiger partial charge in [0, 0.05) is 17.8 Å². The van der Waals surface area contributed by atoms with Gasteiger partial charge in [-0.25, -0.2) is 0 Å². The van der Waals surface area contributed by atoms with E-state index in [1.807, 2.05) is 36.4 Å². The maximum absolute atomic E-state index is 7.85. The van der Waals surface area contributed by atoms with Crippen molar-refractivity contribution < 1.29 is 5.48 Å². The zero-order valence-corrected chi connectivity index (χ0v) is 11.0. The molecule has 1 aliphatic carbocycles. The maximum atomic E-state index is 7.85. The standard InChI is InChI=1S/C18H18N2/c1-3-7-14(8-4-1)18(15-9-5-2-6-10-15)13-16(18)17-19-11-12-20-17/h1-10,16H,11-13H2,(H,19,20)/t16-/m1/s1/i11D2,12D2. The number of nitrogens with zero attached hydrogens (tertiary/aromatic N) is 1. The molecule has 2 aliphatic rings. The number of hydrogen-bond acceptors (Lipinski definition) is 2. The number of hydrogen-bond donors (Lipinski definition) is 1. The van der Waals surface area contributed by atoms with Crippen molar-refractivity contribution in [2.24, 2.45) is 10.9 Å². The Kier molecular flexibility index (Phi) is 1.85. The smallest absolute Gasteiger partial charge is 0.101 e. The van der Waals surface area contributed by atoms with Gasteiger partial charge in [0.2, 0.25) is 0 Å². The average molecular weight is 266 g/mol. The van der Waals surface area contributed by atoms with Gasteiger partial charge in [0.25, 0.3) is 0 Å². The van der Waals surface area contributed by atoms with Crippen LogP contribution in [0.4, 0.5) is 0 Å². The average Bonchev–Trinajstić information content (AvgIpc) is 3.27. The molecule has 0 spiro atoms. The second-order valence-corrected chi connectivity index (χ2v) is 5.32. The summed E-state index contributed by atoms with van der Waals surface area (Å²) in [6.07, 6.45) is 0.791. The molecule has 2 heteroatoms. The molecule has 0 unspecified atom stereocenters. The Morgan fingerprint density at radius 1 is 1.00 bits per heavy atom. The van der Waals surface area contributed by atoms with E-state index in [1.54, 1.807) is 0 Å². The topological polar surface area (TPSA) is 24.4 Å². The molecule has 2 nitrogen and oxygen atoms in total. The normalized spacial score (nSPS) is 31.0. The molecule has 1 fully saturated rings. The van der Waals surface area contributed by atoms with E-state index in [0.717, 1.165) is 17.5 Å². The molecule has 2 aromatic carbocycles. The van der Waals surface area contributed by atoms with Gasteiger partial charge < -0.3 is 5.32 Å². The molecule has 0 radical (unpaired) electrons. The fourth-order valence-corrected chi connectivity index (χ4v) is 3.24. The third-order valence-electron chi connectivity index (χ3n) is 4.29. The molecule has 100 valence electrons. The van der Waals surface area contributed by atoms with Gasteiger partial charge in [-0.2, -0.15) is 0 Å². The van der Waals surface area contributed by atoms with Crippen LogP contribution in [0, 0.1) is 5.92 Å².